The van der Waals surface area contributed by atoms with Gasteiger partial charge in [-0.1, -0.05) is 38.5 Å². The van der Waals surface area contributed by atoms with Crippen molar-refractivity contribution in [1.29, 1.82) is 0 Å². The molecule has 0 radical (unpaired) electrons. The molecule has 29 heavy (non-hydrogen) atoms. The lowest BCUT2D eigenvalue weighted by atomic mass is 9.91. The highest BCUT2D eigenvalue weighted by Gasteiger charge is 2.30. The molecular formula is C24H39N3O2. The summed E-state index contributed by atoms with van der Waals surface area (Å²) in [6, 6.07) is 7.33. The number of hydrogen-bond acceptors (Lipinski definition) is 4. The van der Waals surface area contributed by atoms with Crippen molar-refractivity contribution < 1.29 is 9.90 Å². The van der Waals surface area contributed by atoms with E-state index in [0.717, 1.165) is 51.7 Å². The van der Waals surface area contributed by atoms with Crippen LogP contribution in [0.15, 0.2) is 18.2 Å². The summed E-state index contributed by atoms with van der Waals surface area (Å²) in [5.74, 6) is 0.289. The van der Waals surface area contributed by atoms with E-state index in [9.17, 15) is 9.90 Å². The van der Waals surface area contributed by atoms with E-state index in [0.29, 0.717) is 13.0 Å². The number of aliphatic hydroxyl groups excluding tert-OH is 1. The monoisotopic (exact) mass is 401 g/mol. The molecule has 1 aromatic rings. The Bertz CT molecular complexity index is 664. The van der Waals surface area contributed by atoms with Crippen molar-refractivity contribution in [2.75, 3.05) is 39.3 Å². The predicted octanol–water partition coefficient (Wildman–Crippen LogP) is 2.69. The summed E-state index contributed by atoms with van der Waals surface area (Å²) in [5.41, 5.74) is 3.92. The molecule has 3 aliphatic rings. The summed E-state index contributed by atoms with van der Waals surface area (Å²) in [7, 11) is 0. The molecule has 1 saturated heterocycles. The highest BCUT2D eigenvalue weighted by atomic mass is 16.3. The molecule has 1 N–H and O–H groups in total. The van der Waals surface area contributed by atoms with Crippen molar-refractivity contribution >= 4 is 5.91 Å². The maximum absolute atomic E-state index is 12.8. The number of benzene rings is 1. The molecule has 1 saturated carbocycles. The van der Waals surface area contributed by atoms with Crippen LogP contribution in [0.4, 0.5) is 0 Å². The smallest absolute Gasteiger partial charge is 0.236 e. The molecule has 0 spiro atoms. The van der Waals surface area contributed by atoms with Gasteiger partial charge in [-0.2, -0.15) is 0 Å². The Kier molecular flexibility index (Phi) is 8.10. The standard InChI is InChI=1S/C22H33N3O2.C2H6/c1-17(26)13-18-5-6-20-15-23(8-7-19(20)14-18)16-22(27)25-11-9-24(10-12-25)21-3-2-4-21;1-2/h5-6,14,17,21,26H,2-4,7-13,15-16H2,1H3;1-2H3. The van der Waals surface area contributed by atoms with Gasteiger partial charge in [0.2, 0.25) is 5.91 Å². The number of rotatable bonds is 5. The zero-order chi connectivity index (χ0) is 20.8. The Morgan fingerprint density at radius 1 is 1.10 bits per heavy atom. The molecule has 5 heteroatoms. The fraction of sp³-hybridized carbons (Fsp3) is 0.708. The Morgan fingerprint density at radius 3 is 2.45 bits per heavy atom. The zero-order valence-corrected chi connectivity index (χ0v) is 18.6. The molecule has 0 bridgehead atoms. The normalized spacial score (nSPS) is 21.6. The summed E-state index contributed by atoms with van der Waals surface area (Å²) in [6.45, 7) is 12.1. The molecular weight excluding hydrogens is 362 g/mol. The minimum absolute atomic E-state index is 0.289. The van der Waals surface area contributed by atoms with Crippen molar-refractivity contribution in [3.63, 3.8) is 0 Å². The molecule has 0 aromatic heterocycles. The number of nitrogens with zero attached hydrogens (tertiary/aromatic N) is 3. The third kappa shape index (κ3) is 5.80. The van der Waals surface area contributed by atoms with Gasteiger partial charge in [-0.15, -0.1) is 0 Å². The van der Waals surface area contributed by atoms with Crippen molar-refractivity contribution in [3.8, 4) is 0 Å². The Hall–Kier alpha value is -1.43. The second kappa shape index (κ2) is 10.6. The SMILES string of the molecule is CC.CC(O)Cc1ccc2c(c1)CCN(CC(=O)N1CCN(C3CCC3)CC1)C2. The van der Waals surface area contributed by atoms with E-state index in [-0.39, 0.29) is 12.0 Å². The van der Waals surface area contributed by atoms with Gasteiger partial charge in [0.05, 0.1) is 12.6 Å². The molecule has 2 aliphatic heterocycles. The lowest BCUT2D eigenvalue weighted by Gasteiger charge is -2.43. The third-order valence-electron chi connectivity index (χ3n) is 6.51. The summed E-state index contributed by atoms with van der Waals surface area (Å²) >= 11 is 0. The number of amides is 1. The minimum Gasteiger partial charge on any atom is -0.393 e. The van der Waals surface area contributed by atoms with E-state index in [1.165, 1.54) is 36.0 Å². The van der Waals surface area contributed by atoms with E-state index < -0.39 is 0 Å². The minimum atomic E-state index is -0.300. The lowest BCUT2D eigenvalue weighted by Crippen LogP contribution is -2.55. The van der Waals surface area contributed by atoms with Gasteiger partial charge in [0.15, 0.2) is 0 Å². The average molecular weight is 402 g/mol. The van der Waals surface area contributed by atoms with E-state index in [2.05, 4.69) is 32.9 Å². The zero-order valence-electron chi connectivity index (χ0n) is 18.6. The second-order valence-corrected chi connectivity index (χ2v) is 8.62. The Morgan fingerprint density at radius 2 is 1.83 bits per heavy atom. The fourth-order valence-electron chi connectivity index (χ4n) is 4.65. The summed E-state index contributed by atoms with van der Waals surface area (Å²) in [4.78, 5) is 19.7. The van der Waals surface area contributed by atoms with E-state index in [1.807, 2.05) is 20.8 Å². The van der Waals surface area contributed by atoms with E-state index >= 15 is 0 Å². The van der Waals surface area contributed by atoms with Crippen molar-refractivity contribution in [2.45, 2.75) is 71.6 Å². The van der Waals surface area contributed by atoms with E-state index in [1.54, 1.807) is 0 Å². The second-order valence-electron chi connectivity index (χ2n) is 8.62. The highest BCUT2D eigenvalue weighted by molar-refractivity contribution is 5.78. The van der Waals surface area contributed by atoms with Crippen molar-refractivity contribution in [1.82, 2.24) is 14.7 Å². The molecule has 1 aromatic carbocycles. The Labute approximate surface area is 176 Å². The largest absolute Gasteiger partial charge is 0.393 e. The molecule has 2 heterocycles. The van der Waals surface area contributed by atoms with Crippen LogP contribution in [0.3, 0.4) is 0 Å². The molecule has 1 amide bonds. The predicted molar refractivity (Wildman–Crippen MR) is 118 cm³/mol. The number of carbonyl (C=O) groups excluding carboxylic acids is 1. The van der Waals surface area contributed by atoms with Gasteiger partial charge in [0.1, 0.15) is 0 Å². The molecule has 2 fully saturated rings. The number of carbonyl (C=O) groups is 1. The van der Waals surface area contributed by atoms with Crippen molar-refractivity contribution in [3.05, 3.63) is 34.9 Å². The van der Waals surface area contributed by atoms with Gasteiger partial charge in [-0.25, -0.2) is 0 Å². The number of piperazine rings is 1. The maximum atomic E-state index is 12.8. The lowest BCUT2D eigenvalue weighted by molar-refractivity contribution is -0.135. The van der Waals surface area contributed by atoms with Crippen LogP contribution in [0.25, 0.3) is 0 Å². The van der Waals surface area contributed by atoms with Gasteiger partial charge in [0.25, 0.3) is 0 Å². The molecule has 1 unspecified atom stereocenters. The van der Waals surface area contributed by atoms with Crippen LogP contribution in [0.2, 0.25) is 0 Å². The van der Waals surface area contributed by atoms with Gasteiger partial charge >= 0.3 is 0 Å². The van der Waals surface area contributed by atoms with Crippen LogP contribution in [0, 0.1) is 0 Å². The first-order valence-corrected chi connectivity index (χ1v) is 11.6. The summed E-state index contributed by atoms with van der Waals surface area (Å²) in [6.07, 6.45) is 5.47. The van der Waals surface area contributed by atoms with Crippen LogP contribution in [0.5, 0.6) is 0 Å². The molecule has 162 valence electrons. The molecule has 1 aliphatic carbocycles. The van der Waals surface area contributed by atoms with Gasteiger partial charge in [-0.05, 0) is 49.3 Å². The maximum Gasteiger partial charge on any atom is 0.236 e. The number of fused-ring (bicyclic) bond motifs is 1. The van der Waals surface area contributed by atoms with Crippen LogP contribution >= 0.6 is 0 Å². The first kappa shape index (κ1) is 22.3. The summed E-state index contributed by atoms with van der Waals surface area (Å²) in [5, 5.41) is 9.59. The first-order valence-electron chi connectivity index (χ1n) is 11.6. The first-order chi connectivity index (χ1) is 14.1. The van der Waals surface area contributed by atoms with Crippen LogP contribution in [-0.2, 0) is 24.2 Å². The topological polar surface area (TPSA) is 47.0 Å². The van der Waals surface area contributed by atoms with Gasteiger partial charge in [-0.3, -0.25) is 14.6 Å². The molecule has 1 atom stereocenters. The third-order valence-corrected chi connectivity index (χ3v) is 6.51. The number of hydrogen-bond donors (Lipinski definition) is 1. The van der Waals surface area contributed by atoms with Crippen LogP contribution in [-0.4, -0.2) is 77.1 Å². The average Bonchev–Trinajstić information content (AvgIpc) is 2.68. The van der Waals surface area contributed by atoms with Gasteiger partial charge in [0, 0.05) is 45.3 Å². The molecule has 4 rings (SSSR count). The fourth-order valence-corrected chi connectivity index (χ4v) is 4.65. The highest BCUT2D eigenvalue weighted by Crippen LogP contribution is 2.26. The van der Waals surface area contributed by atoms with Crippen molar-refractivity contribution in [2.24, 2.45) is 0 Å². The Balaban J connectivity index is 0.00000117. The number of aliphatic hydroxyl groups is 1. The quantitative estimate of drug-likeness (QED) is 0.824. The van der Waals surface area contributed by atoms with Crippen LogP contribution in [0.1, 0.15) is 56.7 Å². The van der Waals surface area contributed by atoms with E-state index in [4.69, 9.17) is 0 Å². The van der Waals surface area contributed by atoms with Crippen LogP contribution < -0.4 is 0 Å². The molecule has 5 nitrogen and oxygen atoms in total. The summed E-state index contributed by atoms with van der Waals surface area (Å²) < 4.78 is 0. The van der Waals surface area contributed by atoms with Gasteiger partial charge < -0.3 is 10.0 Å².